The zero-order valence-corrected chi connectivity index (χ0v) is 15.0. The first-order chi connectivity index (χ1) is 12.1. The average molecular weight is 374 g/mol. The van der Waals surface area contributed by atoms with Crippen molar-refractivity contribution >= 4 is 29.3 Å². The smallest absolute Gasteiger partial charge is 0.230 e. The number of tetrazole rings is 1. The van der Waals surface area contributed by atoms with E-state index in [4.69, 9.17) is 11.6 Å². The highest BCUT2D eigenvalue weighted by Crippen LogP contribution is 2.20. The Morgan fingerprint density at radius 1 is 1.20 bits per heavy atom. The van der Waals surface area contributed by atoms with Gasteiger partial charge in [0.2, 0.25) is 11.1 Å². The number of rotatable bonds is 6. The van der Waals surface area contributed by atoms with E-state index < -0.39 is 0 Å². The molecule has 6 nitrogen and oxygen atoms in total. The molecule has 128 valence electrons. The zero-order valence-electron chi connectivity index (χ0n) is 13.5. The number of thioether (sulfide) groups is 1. The van der Waals surface area contributed by atoms with Crippen molar-refractivity contribution in [2.75, 3.05) is 5.75 Å². The molecule has 8 heteroatoms. The van der Waals surface area contributed by atoms with Crippen LogP contribution < -0.4 is 5.32 Å². The molecule has 0 aliphatic rings. The maximum absolute atomic E-state index is 12.2. The second kappa shape index (κ2) is 8.13. The molecule has 0 aliphatic carbocycles. The monoisotopic (exact) mass is 373 g/mol. The van der Waals surface area contributed by atoms with E-state index >= 15 is 0 Å². The van der Waals surface area contributed by atoms with Crippen LogP contribution in [0.3, 0.4) is 0 Å². The van der Waals surface area contributed by atoms with Gasteiger partial charge in [0.05, 0.1) is 17.5 Å². The van der Waals surface area contributed by atoms with Crippen LogP contribution in [0.15, 0.2) is 59.8 Å². The maximum Gasteiger partial charge on any atom is 0.230 e. The lowest BCUT2D eigenvalue weighted by molar-refractivity contribution is -0.119. The highest BCUT2D eigenvalue weighted by atomic mass is 35.5. The summed E-state index contributed by atoms with van der Waals surface area (Å²) in [7, 11) is 0. The molecule has 0 saturated carbocycles. The minimum Gasteiger partial charge on any atom is -0.349 e. The molecule has 0 fully saturated rings. The molecular weight excluding hydrogens is 358 g/mol. The number of benzene rings is 2. The lowest BCUT2D eigenvalue weighted by Gasteiger charge is -2.13. The van der Waals surface area contributed by atoms with Gasteiger partial charge in [-0.1, -0.05) is 53.7 Å². The van der Waals surface area contributed by atoms with Crippen molar-refractivity contribution in [3.63, 3.8) is 0 Å². The second-order valence-corrected chi connectivity index (χ2v) is 6.72. The third-order valence-corrected chi connectivity index (χ3v) is 4.69. The average Bonchev–Trinajstić information content (AvgIpc) is 3.10. The summed E-state index contributed by atoms with van der Waals surface area (Å²) >= 11 is 7.18. The minimum absolute atomic E-state index is 0.0541. The molecule has 0 radical (unpaired) electrons. The van der Waals surface area contributed by atoms with E-state index in [0.717, 1.165) is 11.3 Å². The Balaban J connectivity index is 1.60. The van der Waals surface area contributed by atoms with E-state index in [-0.39, 0.29) is 17.7 Å². The maximum atomic E-state index is 12.2. The van der Waals surface area contributed by atoms with Crippen molar-refractivity contribution in [3.8, 4) is 5.69 Å². The minimum atomic E-state index is -0.0768. The third kappa shape index (κ3) is 4.58. The van der Waals surface area contributed by atoms with Crippen molar-refractivity contribution in [3.05, 3.63) is 65.2 Å². The molecule has 25 heavy (non-hydrogen) atoms. The van der Waals surface area contributed by atoms with Crippen molar-refractivity contribution in [2.45, 2.75) is 18.1 Å². The van der Waals surface area contributed by atoms with E-state index in [1.807, 2.05) is 49.4 Å². The number of halogens is 1. The number of aromatic nitrogens is 4. The van der Waals surface area contributed by atoms with Crippen molar-refractivity contribution in [1.29, 1.82) is 0 Å². The predicted octanol–water partition coefficient (Wildman–Crippen LogP) is 3.29. The molecular formula is C17H16ClN5OS. The molecule has 1 amide bonds. The number of nitrogens with zero attached hydrogens (tertiary/aromatic N) is 4. The lowest BCUT2D eigenvalue weighted by atomic mass is 10.1. The summed E-state index contributed by atoms with van der Waals surface area (Å²) in [6, 6.07) is 16.9. The number of nitrogens with one attached hydrogen (secondary N) is 1. The van der Waals surface area contributed by atoms with Crippen LogP contribution in [0.2, 0.25) is 5.02 Å². The summed E-state index contributed by atoms with van der Waals surface area (Å²) in [6.45, 7) is 1.95. The van der Waals surface area contributed by atoms with Crippen LogP contribution >= 0.6 is 23.4 Å². The number of carbonyl (C=O) groups excluding carboxylic acids is 1. The third-order valence-electron chi connectivity index (χ3n) is 3.52. The molecule has 1 atom stereocenters. The van der Waals surface area contributed by atoms with E-state index in [2.05, 4.69) is 20.8 Å². The van der Waals surface area contributed by atoms with Gasteiger partial charge in [-0.05, 0) is 47.2 Å². The molecule has 1 N–H and O–H groups in total. The number of hydrogen-bond donors (Lipinski definition) is 1. The summed E-state index contributed by atoms with van der Waals surface area (Å²) in [4.78, 5) is 12.2. The Morgan fingerprint density at radius 3 is 2.64 bits per heavy atom. The molecule has 0 aliphatic heterocycles. The highest BCUT2D eigenvalue weighted by molar-refractivity contribution is 7.99. The molecule has 0 unspecified atom stereocenters. The topological polar surface area (TPSA) is 72.7 Å². The summed E-state index contributed by atoms with van der Waals surface area (Å²) in [6.07, 6.45) is 0. The summed E-state index contributed by atoms with van der Waals surface area (Å²) in [5.41, 5.74) is 1.85. The largest absolute Gasteiger partial charge is 0.349 e. The SMILES string of the molecule is C[C@H](NC(=O)CSc1nnnn1-c1ccc(Cl)cc1)c1ccccc1. The van der Waals surface area contributed by atoms with E-state index in [1.165, 1.54) is 11.8 Å². The van der Waals surface area contributed by atoms with Gasteiger partial charge in [0.1, 0.15) is 0 Å². The summed E-state index contributed by atoms with van der Waals surface area (Å²) in [5.74, 6) is 0.150. The number of amides is 1. The molecule has 1 heterocycles. The van der Waals surface area contributed by atoms with Crippen LogP contribution in [-0.2, 0) is 4.79 Å². The van der Waals surface area contributed by atoms with Gasteiger partial charge in [-0.2, -0.15) is 4.68 Å². The fraction of sp³-hybridized carbons (Fsp3) is 0.176. The molecule has 0 bridgehead atoms. The second-order valence-electron chi connectivity index (χ2n) is 5.34. The number of carbonyl (C=O) groups is 1. The normalized spacial score (nSPS) is 11.9. The Bertz CT molecular complexity index is 838. The van der Waals surface area contributed by atoms with E-state index in [0.29, 0.717) is 10.2 Å². The van der Waals surface area contributed by atoms with Gasteiger partial charge in [0, 0.05) is 5.02 Å². The fourth-order valence-electron chi connectivity index (χ4n) is 2.25. The van der Waals surface area contributed by atoms with Gasteiger partial charge in [0.15, 0.2) is 0 Å². The van der Waals surface area contributed by atoms with Crippen molar-refractivity contribution in [2.24, 2.45) is 0 Å². The van der Waals surface area contributed by atoms with Crippen molar-refractivity contribution < 1.29 is 4.79 Å². The van der Waals surface area contributed by atoms with Crippen LogP contribution in [0, 0.1) is 0 Å². The van der Waals surface area contributed by atoms with Crippen LogP contribution in [0.4, 0.5) is 0 Å². The van der Waals surface area contributed by atoms with Crippen LogP contribution in [-0.4, -0.2) is 31.9 Å². The van der Waals surface area contributed by atoms with E-state index in [1.54, 1.807) is 16.8 Å². The van der Waals surface area contributed by atoms with Gasteiger partial charge in [-0.25, -0.2) is 0 Å². The Hall–Kier alpha value is -2.38. The first kappa shape index (κ1) is 17.4. The molecule has 0 saturated heterocycles. The summed E-state index contributed by atoms with van der Waals surface area (Å²) in [5, 5.41) is 15.8. The molecule has 0 spiro atoms. The standard InChI is InChI=1S/C17H16ClN5OS/c1-12(13-5-3-2-4-6-13)19-16(24)11-25-17-20-21-22-23(17)15-9-7-14(18)8-10-15/h2-10,12H,11H2,1H3,(H,19,24)/t12-/m0/s1. The molecule has 3 aromatic rings. The predicted molar refractivity (Wildman–Crippen MR) is 97.9 cm³/mol. The van der Waals surface area contributed by atoms with Crippen molar-refractivity contribution in [1.82, 2.24) is 25.5 Å². The van der Waals surface area contributed by atoms with Gasteiger partial charge in [0.25, 0.3) is 0 Å². The van der Waals surface area contributed by atoms with Gasteiger partial charge >= 0.3 is 0 Å². The Labute approximate surface area is 154 Å². The van der Waals surface area contributed by atoms with Crippen LogP contribution in [0.25, 0.3) is 5.69 Å². The number of hydrogen-bond acceptors (Lipinski definition) is 5. The Kier molecular flexibility index (Phi) is 5.67. The van der Waals surface area contributed by atoms with Gasteiger partial charge in [-0.3, -0.25) is 4.79 Å². The van der Waals surface area contributed by atoms with E-state index in [9.17, 15) is 4.79 Å². The lowest BCUT2D eigenvalue weighted by Crippen LogP contribution is -2.28. The van der Waals surface area contributed by atoms with Gasteiger partial charge < -0.3 is 5.32 Å². The van der Waals surface area contributed by atoms with Gasteiger partial charge in [-0.15, -0.1) is 5.10 Å². The Morgan fingerprint density at radius 2 is 1.92 bits per heavy atom. The first-order valence-electron chi connectivity index (χ1n) is 7.65. The fourth-order valence-corrected chi connectivity index (χ4v) is 3.08. The molecule has 3 rings (SSSR count). The highest BCUT2D eigenvalue weighted by Gasteiger charge is 2.13. The molecule has 1 aromatic heterocycles. The zero-order chi connectivity index (χ0) is 17.6. The first-order valence-corrected chi connectivity index (χ1v) is 9.01. The van der Waals surface area contributed by atoms with Crippen LogP contribution in [0.1, 0.15) is 18.5 Å². The van der Waals surface area contributed by atoms with Crippen LogP contribution in [0.5, 0.6) is 0 Å². The quantitative estimate of drug-likeness (QED) is 0.671. The molecule has 2 aromatic carbocycles. The summed E-state index contributed by atoms with van der Waals surface area (Å²) < 4.78 is 1.58.